The smallest absolute Gasteiger partial charge is 0.316 e. The van der Waals surface area contributed by atoms with Gasteiger partial charge in [0, 0.05) is 7.11 Å². The number of methoxy groups -OCH3 is 1. The van der Waals surface area contributed by atoms with Crippen LogP contribution in [-0.4, -0.2) is 13.1 Å². The van der Waals surface area contributed by atoms with Gasteiger partial charge in [0.25, 0.3) is 0 Å². The lowest BCUT2D eigenvalue weighted by molar-refractivity contribution is -0.143. The Labute approximate surface area is 122 Å². The third-order valence-corrected chi connectivity index (χ3v) is 3.72. The molecule has 0 bridgehead atoms. The van der Waals surface area contributed by atoms with E-state index in [2.05, 4.69) is 13.8 Å². The van der Waals surface area contributed by atoms with Crippen molar-refractivity contribution in [2.45, 2.75) is 53.1 Å². The van der Waals surface area contributed by atoms with Crippen molar-refractivity contribution in [1.82, 2.24) is 0 Å². The van der Waals surface area contributed by atoms with E-state index in [0.29, 0.717) is 5.75 Å². The number of carbonyl (C=O) groups excluding carboxylic acids is 1. The third-order valence-electron chi connectivity index (χ3n) is 3.72. The summed E-state index contributed by atoms with van der Waals surface area (Å²) in [6.45, 7) is 9.73. The average molecular weight is 278 g/mol. The Kier molecular flexibility index (Phi) is 5.35. The van der Waals surface area contributed by atoms with Crippen LogP contribution in [0.1, 0.15) is 53.0 Å². The maximum absolute atomic E-state index is 12.0. The number of esters is 1. The third kappa shape index (κ3) is 3.60. The molecule has 0 spiro atoms. The van der Waals surface area contributed by atoms with Crippen LogP contribution in [0.2, 0.25) is 0 Å². The summed E-state index contributed by atoms with van der Waals surface area (Å²) in [5.74, 6) is 0.344. The van der Waals surface area contributed by atoms with Gasteiger partial charge in [-0.2, -0.15) is 0 Å². The predicted octanol–water partition coefficient (Wildman–Crippen LogP) is 4.30. The van der Waals surface area contributed by atoms with Crippen molar-refractivity contribution in [2.24, 2.45) is 5.41 Å². The summed E-state index contributed by atoms with van der Waals surface area (Å²) in [5, 5.41) is 0. The summed E-state index contributed by atoms with van der Waals surface area (Å²) in [7, 11) is 1.72. The molecule has 20 heavy (non-hydrogen) atoms. The summed E-state index contributed by atoms with van der Waals surface area (Å²) >= 11 is 0. The molecule has 0 fully saturated rings. The van der Waals surface area contributed by atoms with Crippen LogP contribution in [0.25, 0.3) is 0 Å². The van der Waals surface area contributed by atoms with Crippen molar-refractivity contribution >= 4 is 5.97 Å². The summed E-state index contributed by atoms with van der Waals surface area (Å²) in [4.78, 5) is 12.0. The molecule has 112 valence electrons. The van der Waals surface area contributed by atoms with Crippen molar-refractivity contribution in [2.75, 3.05) is 7.11 Å². The van der Waals surface area contributed by atoms with E-state index >= 15 is 0 Å². The van der Waals surface area contributed by atoms with Crippen molar-refractivity contribution in [3.63, 3.8) is 0 Å². The highest BCUT2D eigenvalue weighted by atomic mass is 16.5. The van der Waals surface area contributed by atoms with E-state index in [-0.39, 0.29) is 11.6 Å². The van der Waals surface area contributed by atoms with Crippen LogP contribution in [0.4, 0.5) is 0 Å². The first-order valence-electron chi connectivity index (χ1n) is 7.17. The van der Waals surface area contributed by atoms with Gasteiger partial charge in [0.05, 0.1) is 11.0 Å². The molecule has 0 radical (unpaired) electrons. The normalized spacial score (nSPS) is 12.3. The lowest BCUT2D eigenvalue weighted by Crippen LogP contribution is -2.28. The fraction of sp³-hybridized carbons (Fsp3) is 0.588. The predicted molar refractivity (Wildman–Crippen MR) is 80.8 cm³/mol. The summed E-state index contributed by atoms with van der Waals surface area (Å²) in [5.41, 5.74) is 0.220. The van der Waals surface area contributed by atoms with Gasteiger partial charge >= 0.3 is 5.97 Å². The van der Waals surface area contributed by atoms with E-state index < -0.39 is 5.41 Å². The zero-order valence-corrected chi connectivity index (χ0v) is 13.4. The van der Waals surface area contributed by atoms with Crippen LogP contribution in [-0.2, 0) is 15.1 Å². The van der Waals surface area contributed by atoms with Gasteiger partial charge in [-0.3, -0.25) is 4.79 Å². The summed E-state index contributed by atoms with van der Waals surface area (Å²) in [6.07, 6.45) is 1.74. The van der Waals surface area contributed by atoms with E-state index in [4.69, 9.17) is 9.47 Å². The second-order valence-electron chi connectivity index (χ2n) is 6.07. The highest BCUT2D eigenvalue weighted by molar-refractivity contribution is 5.77. The number of carbonyl (C=O) groups is 1. The Morgan fingerprint density at radius 1 is 1.15 bits per heavy atom. The number of ether oxygens (including phenoxy) is 2. The molecular formula is C17H26O3. The quantitative estimate of drug-likeness (QED) is 0.595. The van der Waals surface area contributed by atoms with Gasteiger partial charge in [-0.05, 0) is 51.3 Å². The molecule has 0 atom stereocenters. The summed E-state index contributed by atoms with van der Waals surface area (Å²) in [6, 6.07) is 7.63. The van der Waals surface area contributed by atoms with Gasteiger partial charge in [0.1, 0.15) is 5.75 Å². The summed E-state index contributed by atoms with van der Waals surface area (Å²) < 4.78 is 11.2. The van der Waals surface area contributed by atoms with E-state index in [1.54, 1.807) is 13.2 Å². The molecule has 0 heterocycles. The van der Waals surface area contributed by atoms with Crippen molar-refractivity contribution in [3.05, 3.63) is 29.8 Å². The molecule has 3 heteroatoms. The van der Waals surface area contributed by atoms with Gasteiger partial charge in [0.15, 0.2) is 0 Å². The molecule has 3 nitrogen and oxygen atoms in total. The minimum absolute atomic E-state index is 0.231. The first-order valence-corrected chi connectivity index (χ1v) is 7.17. The van der Waals surface area contributed by atoms with Gasteiger partial charge in [0.2, 0.25) is 0 Å². The lowest BCUT2D eigenvalue weighted by Gasteiger charge is -2.31. The number of benzene rings is 1. The number of hydrogen-bond donors (Lipinski definition) is 0. The molecule has 1 aromatic rings. The maximum atomic E-state index is 12.0. The van der Waals surface area contributed by atoms with Gasteiger partial charge in [-0.1, -0.05) is 26.0 Å². The number of hydrogen-bond acceptors (Lipinski definition) is 3. The highest BCUT2D eigenvalue weighted by Gasteiger charge is 2.29. The molecule has 0 aliphatic carbocycles. The van der Waals surface area contributed by atoms with Crippen LogP contribution in [0.15, 0.2) is 24.3 Å². The van der Waals surface area contributed by atoms with Crippen molar-refractivity contribution < 1.29 is 14.3 Å². The maximum Gasteiger partial charge on any atom is 0.316 e. The molecule has 0 saturated carbocycles. The SMILES string of the molecule is CCC(CC)(OC)c1cccc(OC(=O)C(C)(C)C)c1. The van der Waals surface area contributed by atoms with Crippen molar-refractivity contribution in [1.29, 1.82) is 0 Å². The van der Waals surface area contributed by atoms with Gasteiger partial charge < -0.3 is 9.47 Å². The average Bonchev–Trinajstić information content (AvgIpc) is 2.41. The lowest BCUT2D eigenvalue weighted by atomic mass is 9.88. The molecule has 0 unspecified atom stereocenters. The first-order chi connectivity index (χ1) is 9.29. The van der Waals surface area contributed by atoms with E-state index in [1.807, 2.05) is 39.0 Å². The Morgan fingerprint density at radius 2 is 1.75 bits per heavy atom. The molecule has 0 aliphatic heterocycles. The fourth-order valence-electron chi connectivity index (χ4n) is 2.17. The fourth-order valence-corrected chi connectivity index (χ4v) is 2.17. The number of rotatable bonds is 5. The molecule has 0 aliphatic rings. The minimum atomic E-state index is -0.510. The van der Waals surface area contributed by atoms with Gasteiger partial charge in [-0.15, -0.1) is 0 Å². The second kappa shape index (κ2) is 6.40. The first kappa shape index (κ1) is 16.7. The van der Waals surface area contributed by atoms with Crippen LogP contribution >= 0.6 is 0 Å². The van der Waals surface area contributed by atoms with Crippen LogP contribution < -0.4 is 4.74 Å². The minimum Gasteiger partial charge on any atom is -0.426 e. The molecule has 0 aromatic heterocycles. The zero-order chi connectivity index (χ0) is 15.4. The second-order valence-corrected chi connectivity index (χ2v) is 6.07. The highest BCUT2D eigenvalue weighted by Crippen LogP contribution is 2.34. The standard InChI is InChI=1S/C17H26O3/c1-7-17(8-2,19-6)13-10-9-11-14(12-13)20-15(18)16(3,4)5/h9-12H,7-8H2,1-6H3. The molecule has 0 N–H and O–H groups in total. The van der Waals surface area contributed by atoms with E-state index in [0.717, 1.165) is 18.4 Å². The molecular weight excluding hydrogens is 252 g/mol. The monoisotopic (exact) mass is 278 g/mol. The zero-order valence-electron chi connectivity index (χ0n) is 13.4. The molecule has 0 saturated heterocycles. The Balaban J connectivity index is 3.05. The van der Waals surface area contributed by atoms with Crippen LogP contribution in [0.5, 0.6) is 5.75 Å². The molecule has 0 amide bonds. The van der Waals surface area contributed by atoms with Gasteiger partial charge in [-0.25, -0.2) is 0 Å². The molecule has 1 aromatic carbocycles. The Morgan fingerprint density at radius 3 is 2.20 bits per heavy atom. The van der Waals surface area contributed by atoms with Crippen LogP contribution in [0.3, 0.4) is 0 Å². The molecule has 1 rings (SSSR count). The van der Waals surface area contributed by atoms with E-state index in [9.17, 15) is 4.79 Å². The van der Waals surface area contributed by atoms with E-state index in [1.165, 1.54) is 0 Å². The Bertz CT molecular complexity index is 445. The van der Waals surface area contributed by atoms with Crippen molar-refractivity contribution in [3.8, 4) is 5.75 Å². The topological polar surface area (TPSA) is 35.5 Å². The van der Waals surface area contributed by atoms with Crippen LogP contribution in [0, 0.1) is 5.41 Å². The Hall–Kier alpha value is -1.35. The largest absolute Gasteiger partial charge is 0.426 e.